The molecule has 0 saturated carbocycles. The van der Waals surface area contributed by atoms with Gasteiger partial charge in [0.1, 0.15) is 5.82 Å². The van der Waals surface area contributed by atoms with Crippen LogP contribution in [0.5, 0.6) is 0 Å². The van der Waals surface area contributed by atoms with Crippen LogP contribution >= 0.6 is 11.6 Å². The second kappa shape index (κ2) is 5.07. The summed E-state index contributed by atoms with van der Waals surface area (Å²) >= 11 is 5.49. The Bertz CT molecular complexity index is 622. The number of carbonyl (C=O) groups is 1. The van der Waals surface area contributed by atoms with Crippen molar-refractivity contribution < 1.29 is 27.4 Å². The van der Waals surface area contributed by atoms with Crippen LogP contribution in [0.25, 0.3) is 0 Å². The lowest BCUT2D eigenvalue weighted by molar-refractivity contribution is 0.0696. The molecule has 104 valence electrons. The fourth-order valence-corrected chi connectivity index (χ4v) is 3.64. The zero-order valence-electron chi connectivity index (χ0n) is 9.60. The first-order chi connectivity index (χ1) is 8.84. The minimum absolute atomic E-state index is 0.0228. The Morgan fingerprint density at radius 1 is 1.47 bits per heavy atom. The van der Waals surface area contributed by atoms with Crippen molar-refractivity contribution in [3.8, 4) is 0 Å². The topological polar surface area (TPSA) is 80.7 Å². The van der Waals surface area contributed by atoms with Gasteiger partial charge in [-0.2, -0.15) is 0 Å². The molecule has 8 heteroatoms. The first kappa shape index (κ1) is 14.2. The normalized spacial score (nSPS) is 19.6. The average molecular weight is 309 g/mol. The van der Waals surface area contributed by atoms with E-state index in [-0.39, 0.29) is 11.5 Å². The quantitative estimate of drug-likeness (QED) is 0.920. The number of halogens is 2. The van der Waals surface area contributed by atoms with Crippen LogP contribution in [-0.4, -0.2) is 38.0 Å². The summed E-state index contributed by atoms with van der Waals surface area (Å²) in [6.45, 7) is 0.334. The molecule has 1 aromatic carbocycles. The summed E-state index contributed by atoms with van der Waals surface area (Å²) in [6.07, 6.45) is 0.301. The van der Waals surface area contributed by atoms with Crippen molar-refractivity contribution in [3.63, 3.8) is 0 Å². The van der Waals surface area contributed by atoms with E-state index in [4.69, 9.17) is 21.4 Å². The fraction of sp³-hybridized carbons (Fsp3) is 0.364. The van der Waals surface area contributed by atoms with Gasteiger partial charge in [0, 0.05) is 6.61 Å². The van der Waals surface area contributed by atoms with Crippen molar-refractivity contribution >= 4 is 27.4 Å². The van der Waals surface area contributed by atoms with Gasteiger partial charge in [0.2, 0.25) is 0 Å². The van der Waals surface area contributed by atoms with Crippen LogP contribution in [0.2, 0.25) is 5.02 Å². The van der Waals surface area contributed by atoms with Crippen molar-refractivity contribution in [2.45, 2.75) is 16.6 Å². The van der Waals surface area contributed by atoms with Gasteiger partial charge in [0.25, 0.3) is 0 Å². The number of sulfone groups is 1. The van der Waals surface area contributed by atoms with E-state index in [0.717, 1.165) is 12.1 Å². The number of hydrogen-bond donors (Lipinski definition) is 1. The highest BCUT2D eigenvalue weighted by molar-refractivity contribution is 7.92. The van der Waals surface area contributed by atoms with Crippen LogP contribution in [-0.2, 0) is 14.6 Å². The largest absolute Gasteiger partial charge is 0.478 e. The standard InChI is InChI=1S/C11H10ClFO5S/c12-10-8(11(14)15)3-7(4-9(10)13)19(16,17)6-1-2-18-5-6/h3-4,6H,1-2,5H2,(H,14,15). The monoisotopic (exact) mass is 308 g/mol. The smallest absolute Gasteiger partial charge is 0.337 e. The van der Waals surface area contributed by atoms with E-state index in [1.165, 1.54) is 0 Å². The van der Waals surface area contributed by atoms with Crippen molar-refractivity contribution in [3.05, 3.63) is 28.5 Å². The molecular formula is C11H10ClFO5S. The van der Waals surface area contributed by atoms with Gasteiger partial charge in [-0.1, -0.05) is 11.6 Å². The molecule has 1 fully saturated rings. The number of ether oxygens (including phenoxy) is 1. The summed E-state index contributed by atoms with van der Waals surface area (Å²) in [5.41, 5.74) is -0.570. The lowest BCUT2D eigenvalue weighted by Gasteiger charge is -2.11. The van der Waals surface area contributed by atoms with E-state index < -0.39 is 37.5 Å². The minimum Gasteiger partial charge on any atom is -0.478 e. The predicted molar refractivity (Wildman–Crippen MR) is 64.8 cm³/mol. The summed E-state index contributed by atoms with van der Waals surface area (Å²) in [6, 6.07) is 1.61. The Morgan fingerprint density at radius 2 is 2.16 bits per heavy atom. The maximum atomic E-state index is 13.5. The molecule has 0 aliphatic carbocycles. The molecular weight excluding hydrogens is 299 g/mol. The highest BCUT2D eigenvalue weighted by Crippen LogP contribution is 2.28. The molecule has 0 amide bonds. The molecule has 1 atom stereocenters. The van der Waals surface area contributed by atoms with Crippen LogP contribution in [0.1, 0.15) is 16.8 Å². The van der Waals surface area contributed by atoms with Gasteiger partial charge in [0.05, 0.1) is 27.3 Å². The second-order valence-electron chi connectivity index (χ2n) is 4.10. The molecule has 0 aromatic heterocycles. The minimum atomic E-state index is -3.82. The van der Waals surface area contributed by atoms with Crippen LogP contribution in [0.4, 0.5) is 4.39 Å². The third-order valence-electron chi connectivity index (χ3n) is 2.89. The van der Waals surface area contributed by atoms with Crippen LogP contribution in [0, 0.1) is 5.82 Å². The van der Waals surface area contributed by atoms with E-state index in [0.29, 0.717) is 13.0 Å². The molecule has 1 aromatic rings. The number of carboxylic acid groups (broad SMARTS) is 1. The fourth-order valence-electron chi connectivity index (χ4n) is 1.83. The van der Waals surface area contributed by atoms with E-state index in [2.05, 4.69) is 0 Å². The molecule has 1 heterocycles. The number of carboxylic acids is 1. The van der Waals surface area contributed by atoms with Gasteiger partial charge in [-0.15, -0.1) is 0 Å². The zero-order chi connectivity index (χ0) is 14.2. The molecule has 1 saturated heterocycles. The Hall–Kier alpha value is -1.18. The molecule has 1 N–H and O–H groups in total. The van der Waals surface area contributed by atoms with Crippen molar-refractivity contribution in [2.75, 3.05) is 13.2 Å². The maximum Gasteiger partial charge on any atom is 0.337 e. The molecule has 19 heavy (non-hydrogen) atoms. The number of aromatic carboxylic acids is 1. The Balaban J connectivity index is 2.54. The summed E-state index contributed by atoms with van der Waals surface area (Å²) in [4.78, 5) is 10.5. The van der Waals surface area contributed by atoms with Gasteiger partial charge in [0.15, 0.2) is 9.84 Å². The average Bonchev–Trinajstić information content (AvgIpc) is 2.86. The molecule has 0 spiro atoms. The second-order valence-corrected chi connectivity index (χ2v) is 6.71. The first-order valence-corrected chi connectivity index (χ1v) is 7.30. The van der Waals surface area contributed by atoms with E-state index in [1.54, 1.807) is 0 Å². The van der Waals surface area contributed by atoms with Crippen LogP contribution < -0.4 is 0 Å². The molecule has 1 unspecified atom stereocenters. The summed E-state index contributed by atoms with van der Waals surface area (Å²) in [7, 11) is -3.82. The van der Waals surface area contributed by atoms with Gasteiger partial charge >= 0.3 is 5.97 Å². The molecule has 0 radical (unpaired) electrons. The molecule has 1 aliphatic heterocycles. The Kier molecular flexibility index (Phi) is 3.80. The van der Waals surface area contributed by atoms with Gasteiger partial charge in [-0.25, -0.2) is 17.6 Å². The number of hydrogen-bond acceptors (Lipinski definition) is 4. The SMILES string of the molecule is O=C(O)c1cc(S(=O)(=O)C2CCOC2)cc(F)c1Cl. The third kappa shape index (κ3) is 2.58. The first-order valence-electron chi connectivity index (χ1n) is 5.38. The molecule has 0 bridgehead atoms. The van der Waals surface area contributed by atoms with Crippen LogP contribution in [0.3, 0.4) is 0 Å². The van der Waals surface area contributed by atoms with Gasteiger partial charge in [-0.3, -0.25) is 0 Å². The summed E-state index contributed by atoms with van der Waals surface area (Å²) in [5.74, 6) is -2.55. The van der Waals surface area contributed by atoms with E-state index in [1.807, 2.05) is 0 Å². The lowest BCUT2D eigenvalue weighted by Crippen LogP contribution is -2.22. The highest BCUT2D eigenvalue weighted by atomic mass is 35.5. The third-order valence-corrected chi connectivity index (χ3v) is 5.41. The van der Waals surface area contributed by atoms with Crippen molar-refractivity contribution in [2.24, 2.45) is 0 Å². The predicted octanol–water partition coefficient (Wildman–Crippen LogP) is 1.74. The Morgan fingerprint density at radius 3 is 2.68 bits per heavy atom. The lowest BCUT2D eigenvalue weighted by atomic mass is 10.2. The van der Waals surface area contributed by atoms with E-state index in [9.17, 15) is 17.6 Å². The number of benzene rings is 1. The highest BCUT2D eigenvalue weighted by Gasteiger charge is 2.32. The van der Waals surface area contributed by atoms with Crippen molar-refractivity contribution in [1.82, 2.24) is 0 Å². The van der Waals surface area contributed by atoms with E-state index >= 15 is 0 Å². The molecule has 2 rings (SSSR count). The molecule has 1 aliphatic rings. The summed E-state index contributed by atoms with van der Waals surface area (Å²) < 4.78 is 42.9. The van der Waals surface area contributed by atoms with Crippen LogP contribution in [0.15, 0.2) is 17.0 Å². The van der Waals surface area contributed by atoms with Crippen molar-refractivity contribution in [1.29, 1.82) is 0 Å². The van der Waals surface area contributed by atoms with Gasteiger partial charge in [-0.05, 0) is 18.6 Å². The number of rotatable bonds is 3. The zero-order valence-corrected chi connectivity index (χ0v) is 11.2. The van der Waals surface area contributed by atoms with Gasteiger partial charge < -0.3 is 9.84 Å². The Labute approximate surface area is 113 Å². The maximum absolute atomic E-state index is 13.5. The summed E-state index contributed by atoms with van der Waals surface area (Å²) in [5, 5.41) is 7.49. The molecule has 5 nitrogen and oxygen atoms in total.